The smallest absolute Gasteiger partial charge is 0.309 e. The van der Waals surface area contributed by atoms with Crippen molar-refractivity contribution in [2.24, 2.45) is 5.41 Å². The van der Waals surface area contributed by atoms with Gasteiger partial charge in [-0.2, -0.15) is 0 Å². The molecule has 1 heterocycles. The lowest BCUT2D eigenvalue weighted by atomic mass is 9.80. The molecule has 1 saturated heterocycles. The van der Waals surface area contributed by atoms with Crippen LogP contribution in [0.1, 0.15) is 42.6 Å². The van der Waals surface area contributed by atoms with Crippen molar-refractivity contribution in [3.8, 4) is 0 Å². The number of aliphatic carboxylic acids is 1. The quantitative estimate of drug-likeness (QED) is 0.922. The number of benzene rings is 1. The molecular weight excluding hydrogens is 254 g/mol. The number of carbonyl (C=O) groups excluding carboxylic acids is 1. The van der Waals surface area contributed by atoms with Crippen LogP contribution in [0, 0.1) is 5.41 Å². The lowest BCUT2D eigenvalue weighted by Gasteiger charge is -2.36. The Bertz CT molecular complexity index is 516. The van der Waals surface area contributed by atoms with E-state index in [9.17, 15) is 14.7 Å². The molecule has 0 unspecified atom stereocenters. The Morgan fingerprint density at radius 3 is 2.40 bits per heavy atom. The fraction of sp³-hybridized carbons (Fsp3) is 0.500. The number of carboxylic acids is 1. The predicted octanol–water partition coefficient (Wildman–Crippen LogP) is 2.58. The number of carboxylic acid groups (broad SMARTS) is 1. The number of amides is 1. The normalized spacial score (nSPS) is 17.8. The highest BCUT2D eigenvalue weighted by Crippen LogP contribution is 2.31. The van der Waals surface area contributed by atoms with Gasteiger partial charge in [-0.05, 0) is 37.8 Å². The van der Waals surface area contributed by atoms with Gasteiger partial charge in [-0.3, -0.25) is 9.59 Å². The van der Waals surface area contributed by atoms with E-state index in [1.165, 1.54) is 0 Å². The van der Waals surface area contributed by atoms with Crippen molar-refractivity contribution in [2.45, 2.75) is 33.1 Å². The maximum Gasteiger partial charge on any atom is 0.309 e. The van der Waals surface area contributed by atoms with Crippen LogP contribution in [-0.2, 0) is 11.2 Å². The van der Waals surface area contributed by atoms with Gasteiger partial charge < -0.3 is 10.0 Å². The Labute approximate surface area is 119 Å². The minimum atomic E-state index is -0.765. The first-order valence-corrected chi connectivity index (χ1v) is 7.08. The molecule has 2 rings (SSSR count). The van der Waals surface area contributed by atoms with Gasteiger partial charge in [0.25, 0.3) is 5.91 Å². The van der Waals surface area contributed by atoms with E-state index in [0.29, 0.717) is 25.9 Å². The van der Waals surface area contributed by atoms with Crippen LogP contribution in [0.4, 0.5) is 0 Å². The number of carbonyl (C=O) groups is 2. The topological polar surface area (TPSA) is 57.6 Å². The molecule has 0 saturated carbocycles. The van der Waals surface area contributed by atoms with Gasteiger partial charge in [-0.25, -0.2) is 0 Å². The summed E-state index contributed by atoms with van der Waals surface area (Å²) in [6.07, 6.45) is 1.85. The molecule has 1 aliphatic rings. The van der Waals surface area contributed by atoms with Crippen LogP contribution in [0.5, 0.6) is 0 Å². The molecule has 0 aliphatic carbocycles. The minimum Gasteiger partial charge on any atom is -0.481 e. The fourth-order valence-corrected chi connectivity index (χ4v) is 2.62. The maximum atomic E-state index is 12.5. The summed E-state index contributed by atoms with van der Waals surface area (Å²) in [4.78, 5) is 25.5. The summed E-state index contributed by atoms with van der Waals surface area (Å²) in [6.45, 7) is 4.82. The van der Waals surface area contributed by atoms with Gasteiger partial charge >= 0.3 is 5.97 Å². The van der Waals surface area contributed by atoms with Crippen molar-refractivity contribution in [3.63, 3.8) is 0 Å². The second kappa shape index (κ2) is 5.65. The molecule has 1 amide bonds. The van der Waals surface area contributed by atoms with E-state index in [0.717, 1.165) is 17.5 Å². The van der Waals surface area contributed by atoms with E-state index < -0.39 is 11.4 Å². The number of hydrogen-bond donors (Lipinski definition) is 1. The van der Waals surface area contributed by atoms with Crippen LogP contribution in [0.2, 0.25) is 0 Å². The molecule has 1 aromatic carbocycles. The highest BCUT2D eigenvalue weighted by Gasteiger charge is 2.38. The van der Waals surface area contributed by atoms with Crippen molar-refractivity contribution in [1.29, 1.82) is 0 Å². The zero-order valence-corrected chi connectivity index (χ0v) is 12.1. The van der Waals surface area contributed by atoms with E-state index in [2.05, 4.69) is 0 Å². The monoisotopic (exact) mass is 275 g/mol. The van der Waals surface area contributed by atoms with Crippen molar-refractivity contribution >= 4 is 11.9 Å². The van der Waals surface area contributed by atoms with E-state index >= 15 is 0 Å². The lowest BCUT2D eigenvalue weighted by molar-refractivity contribution is -0.150. The third-order valence-electron chi connectivity index (χ3n) is 4.30. The molecule has 1 aliphatic heterocycles. The van der Waals surface area contributed by atoms with Crippen molar-refractivity contribution in [2.75, 3.05) is 13.1 Å². The maximum absolute atomic E-state index is 12.5. The first-order valence-electron chi connectivity index (χ1n) is 7.08. The van der Waals surface area contributed by atoms with Crippen LogP contribution in [0.25, 0.3) is 0 Å². The van der Waals surface area contributed by atoms with Crippen molar-refractivity contribution in [3.05, 3.63) is 35.4 Å². The zero-order valence-electron chi connectivity index (χ0n) is 12.1. The number of hydrogen-bond acceptors (Lipinski definition) is 2. The Morgan fingerprint density at radius 2 is 1.85 bits per heavy atom. The highest BCUT2D eigenvalue weighted by atomic mass is 16.4. The van der Waals surface area contributed by atoms with Crippen LogP contribution < -0.4 is 0 Å². The average molecular weight is 275 g/mol. The van der Waals surface area contributed by atoms with E-state index in [-0.39, 0.29) is 5.91 Å². The summed E-state index contributed by atoms with van der Waals surface area (Å²) >= 11 is 0. The lowest BCUT2D eigenvalue weighted by Crippen LogP contribution is -2.45. The van der Waals surface area contributed by atoms with E-state index in [1.807, 2.05) is 31.2 Å². The number of rotatable bonds is 3. The average Bonchev–Trinajstić information content (AvgIpc) is 2.47. The Morgan fingerprint density at radius 1 is 1.25 bits per heavy atom. The molecule has 1 N–H and O–H groups in total. The largest absolute Gasteiger partial charge is 0.481 e. The molecule has 1 aromatic rings. The van der Waals surface area contributed by atoms with Crippen molar-refractivity contribution < 1.29 is 14.7 Å². The molecular formula is C16H21NO3. The molecule has 0 atom stereocenters. The first-order chi connectivity index (χ1) is 9.48. The predicted molar refractivity (Wildman–Crippen MR) is 76.7 cm³/mol. The Kier molecular flexibility index (Phi) is 4.12. The molecule has 20 heavy (non-hydrogen) atoms. The number of nitrogens with zero attached hydrogens (tertiary/aromatic N) is 1. The standard InChI is InChI=1S/C16H21NO3/c1-3-12-6-4-5-7-13(12)14(18)17-10-8-16(2,9-11-17)15(19)20/h4-7H,3,8-11H2,1-2H3,(H,19,20). The van der Waals surface area contributed by atoms with E-state index in [1.54, 1.807) is 11.8 Å². The van der Waals surface area contributed by atoms with Gasteiger partial charge in [0, 0.05) is 18.7 Å². The van der Waals surface area contributed by atoms with Crippen LogP contribution in [-0.4, -0.2) is 35.0 Å². The summed E-state index contributed by atoms with van der Waals surface area (Å²) in [5.74, 6) is -0.742. The highest BCUT2D eigenvalue weighted by molar-refractivity contribution is 5.95. The minimum absolute atomic E-state index is 0.0230. The third-order valence-corrected chi connectivity index (χ3v) is 4.30. The van der Waals surface area contributed by atoms with Gasteiger partial charge in [0.05, 0.1) is 5.41 Å². The second-order valence-corrected chi connectivity index (χ2v) is 5.67. The number of likely N-dealkylation sites (tertiary alicyclic amines) is 1. The first kappa shape index (κ1) is 14.6. The molecule has 0 radical (unpaired) electrons. The number of aryl methyl sites for hydroxylation is 1. The summed E-state index contributed by atoms with van der Waals surface area (Å²) < 4.78 is 0. The fourth-order valence-electron chi connectivity index (χ4n) is 2.62. The summed E-state index contributed by atoms with van der Waals surface area (Å²) in [6, 6.07) is 7.63. The van der Waals surface area contributed by atoms with E-state index in [4.69, 9.17) is 0 Å². The second-order valence-electron chi connectivity index (χ2n) is 5.67. The molecule has 108 valence electrons. The molecule has 0 aromatic heterocycles. The summed E-state index contributed by atoms with van der Waals surface area (Å²) in [7, 11) is 0. The van der Waals surface area contributed by atoms with Gasteiger partial charge in [-0.1, -0.05) is 25.1 Å². The van der Waals surface area contributed by atoms with Crippen molar-refractivity contribution in [1.82, 2.24) is 4.90 Å². The molecule has 1 fully saturated rings. The number of piperidine rings is 1. The molecule has 0 spiro atoms. The van der Waals surface area contributed by atoms with Gasteiger partial charge in [0.1, 0.15) is 0 Å². The van der Waals surface area contributed by atoms with Crippen LogP contribution in [0.3, 0.4) is 0 Å². The molecule has 4 nitrogen and oxygen atoms in total. The van der Waals surface area contributed by atoms with Gasteiger partial charge in [-0.15, -0.1) is 0 Å². The summed E-state index contributed by atoms with van der Waals surface area (Å²) in [5.41, 5.74) is 1.10. The zero-order chi connectivity index (χ0) is 14.8. The Hall–Kier alpha value is -1.84. The summed E-state index contributed by atoms with van der Waals surface area (Å²) in [5, 5.41) is 9.22. The molecule has 0 bridgehead atoms. The van der Waals surface area contributed by atoms with Gasteiger partial charge in [0.15, 0.2) is 0 Å². The van der Waals surface area contributed by atoms with Crippen LogP contribution >= 0.6 is 0 Å². The molecule has 4 heteroatoms. The Balaban J connectivity index is 2.11. The SMILES string of the molecule is CCc1ccccc1C(=O)N1CCC(C)(C(=O)O)CC1. The third kappa shape index (κ3) is 2.69. The van der Waals surface area contributed by atoms with Crippen LogP contribution in [0.15, 0.2) is 24.3 Å². The van der Waals surface area contributed by atoms with Gasteiger partial charge in [0.2, 0.25) is 0 Å².